The lowest BCUT2D eigenvalue weighted by Gasteiger charge is -2.09. The van der Waals surface area contributed by atoms with Crippen LogP contribution < -0.4 is 5.32 Å². The van der Waals surface area contributed by atoms with Crippen LogP contribution in [0, 0.1) is 6.92 Å². The van der Waals surface area contributed by atoms with E-state index in [2.05, 4.69) is 26.2 Å². The van der Waals surface area contributed by atoms with E-state index in [0.29, 0.717) is 16.3 Å². The standard InChI is InChI=1S/C18H14BrClN2O3/c1-10-14(20)3-2-4-15(10)22-17(23)9-25-18(24)13-8-21-16-6-5-11(19)7-12(13)16/h2-8,21H,9H2,1H3,(H,22,23). The van der Waals surface area contributed by atoms with Crippen molar-refractivity contribution in [1.29, 1.82) is 0 Å². The van der Waals surface area contributed by atoms with Crippen LogP contribution in [0.1, 0.15) is 15.9 Å². The molecule has 0 bridgehead atoms. The molecule has 25 heavy (non-hydrogen) atoms. The largest absolute Gasteiger partial charge is 0.452 e. The third-order valence-electron chi connectivity index (χ3n) is 3.74. The highest BCUT2D eigenvalue weighted by molar-refractivity contribution is 9.10. The molecule has 2 N–H and O–H groups in total. The molecule has 5 nitrogen and oxygen atoms in total. The number of hydrogen-bond acceptors (Lipinski definition) is 3. The molecule has 0 saturated heterocycles. The molecule has 0 aliphatic heterocycles. The van der Waals surface area contributed by atoms with Gasteiger partial charge in [-0.2, -0.15) is 0 Å². The highest BCUT2D eigenvalue weighted by atomic mass is 79.9. The number of carbonyl (C=O) groups is 2. The zero-order chi connectivity index (χ0) is 18.0. The summed E-state index contributed by atoms with van der Waals surface area (Å²) in [7, 11) is 0. The van der Waals surface area contributed by atoms with Crippen LogP contribution in [0.3, 0.4) is 0 Å². The lowest BCUT2D eigenvalue weighted by molar-refractivity contribution is -0.119. The average molecular weight is 422 g/mol. The van der Waals surface area contributed by atoms with Gasteiger partial charge in [0.2, 0.25) is 0 Å². The smallest absolute Gasteiger partial charge is 0.340 e. The van der Waals surface area contributed by atoms with Crippen molar-refractivity contribution in [1.82, 2.24) is 4.98 Å². The summed E-state index contributed by atoms with van der Waals surface area (Å²) in [6.45, 7) is 1.42. The summed E-state index contributed by atoms with van der Waals surface area (Å²) in [5.74, 6) is -0.998. The fourth-order valence-corrected chi connectivity index (χ4v) is 2.94. The van der Waals surface area contributed by atoms with E-state index in [9.17, 15) is 9.59 Å². The van der Waals surface area contributed by atoms with Gasteiger partial charge in [0.1, 0.15) is 0 Å². The summed E-state index contributed by atoms with van der Waals surface area (Å²) in [5.41, 5.74) is 2.53. The number of carbonyl (C=O) groups excluding carboxylic acids is 2. The molecule has 7 heteroatoms. The molecule has 0 aliphatic carbocycles. The Hall–Kier alpha value is -2.31. The molecule has 0 aliphatic rings. The predicted octanol–water partition coefficient (Wildman–Crippen LogP) is 4.69. The second-order valence-corrected chi connectivity index (χ2v) is 6.75. The molecule has 0 saturated carbocycles. The summed E-state index contributed by atoms with van der Waals surface area (Å²) in [6, 6.07) is 10.7. The van der Waals surface area contributed by atoms with Crippen LogP contribution in [-0.4, -0.2) is 23.5 Å². The number of hydrogen-bond donors (Lipinski definition) is 2. The Labute approximate surface area is 157 Å². The van der Waals surface area contributed by atoms with Gasteiger partial charge >= 0.3 is 5.97 Å². The number of H-pyrrole nitrogens is 1. The van der Waals surface area contributed by atoms with Crippen LogP contribution in [-0.2, 0) is 9.53 Å². The Morgan fingerprint density at radius 1 is 1.28 bits per heavy atom. The average Bonchev–Trinajstić information content (AvgIpc) is 3.00. The van der Waals surface area contributed by atoms with E-state index in [1.54, 1.807) is 31.3 Å². The normalized spacial score (nSPS) is 10.7. The maximum Gasteiger partial charge on any atom is 0.340 e. The van der Waals surface area contributed by atoms with Crippen LogP contribution in [0.25, 0.3) is 10.9 Å². The maximum absolute atomic E-state index is 12.3. The molecule has 0 atom stereocenters. The molecule has 1 aromatic heterocycles. The fraction of sp³-hybridized carbons (Fsp3) is 0.111. The lowest BCUT2D eigenvalue weighted by atomic mass is 10.2. The van der Waals surface area contributed by atoms with E-state index >= 15 is 0 Å². The number of aromatic amines is 1. The minimum absolute atomic E-state index is 0.378. The van der Waals surface area contributed by atoms with E-state index in [4.69, 9.17) is 16.3 Å². The fourth-order valence-electron chi connectivity index (χ4n) is 2.40. The van der Waals surface area contributed by atoms with Gasteiger partial charge in [0.15, 0.2) is 6.61 Å². The van der Waals surface area contributed by atoms with Gasteiger partial charge in [-0.1, -0.05) is 33.6 Å². The monoisotopic (exact) mass is 420 g/mol. The minimum atomic E-state index is -0.567. The van der Waals surface area contributed by atoms with Crippen molar-refractivity contribution in [2.24, 2.45) is 0 Å². The molecule has 128 valence electrons. The number of aromatic nitrogens is 1. The Kier molecular flexibility index (Phi) is 5.11. The van der Waals surface area contributed by atoms with Crippen LogP contribution in [0.5, 0.6) is 0 Å². The van der Waals surface area contributed by atoms with Gasteiger partial charge in [0.05, 0.1) is 5.56 Å². The number of nitrogens with one attached hydrogen (secondary N) is 2. The van der Waals surface area contributed by atoms with Crippen LogP contribution in [0.4, 0.5) is 5.69 Å². The number of amides is 1. The lowest BCUT2D eigenvalue weighted by Crippen LogP contribution is -2.21. The second kappa shape index (κ2) is 7.29. The minimum Gasteiger partial charge on any atom is -0.452 e. The van der Waals surface area contributed by atoms with Gasteiger partial charge in [-0.05, 0) is 42.8 Å². The molecule has 0 fully saturated rings. The highest BCUT2D eigenvalue weighted by Gasteiger charge is 2.16. The molecule has 0 spiro atoms. The summed E-state index contributed by atoms with van der Waals surface area (Å²) in [6.07, 6.45) is 1.57. The number of fused-ring (bicyclic) bond motifs is 1. The first kappa shape index (κ1) is 17.5. The summed E-state index contributed by atoms with van der Waals surface area (Å²) >= 11 is 9.39. The molecule has 0 unspecified atom stereocenters. The van der Waals surface area contributed by atoms with Crippen molar-refractivity contribution in [3.05, 3.63) is 63.2 Å². The summed E-state index contributed by atoms with van der Waals surface area (Å²) < 4.78 is 5.97. The van der Waals surface area contributed by atoms with Crippen LogP contribution >= 0.6 is 27.5 Å². The topological polar surface area (TPSA) is 71.2 Å². The zero-order valence-electron chi connectivity index (χ0n) is 13.2. The SMILES string of the molecule is Cc1c(Cl)cccc1NC(=O)COC(=O)c1c[nH]c2ccc(Br)cc12. The first-order chi connectivity index (χ1) is 12.0. The van der Waals surface area contributed by atoms with Crippen molar-refractivity contribution in [3.63, 3.8) is 0 Å². The van der Waals surface area contributed by atoms with Gasteiger partial charge < -0.3 is 15.0 Å². The van der Waals surface area contributed by atoms with Crippen molar-refractivity contribution >= 4 is 56.0 Å². The first-order valence-electron chi connectivity index (χ1n) is 7.44. The van der Waals surface area contributed by atoms with Gasteiger partial charge in [-0.25, -0.2) is 4.79 Å². The number of esters is 1. The van der Waals surface area contributed by atoms with E-state index in [1.165, 1.54) is 0 Å². The molecular weight excluding hydrogens is 408 g/mol. The summed E-state index contributed by atoms with van der Waals surface area (Å²) in [5, 5.41) is 3.96. The first-order valence-corrected chi connectivity index (χ1v) is 8.61. The third-order valence-corrected chi connectivity index (χ3v) is 4.64. The van der Waals surface area contributed by atoms with Gasteiger partial charge in [-0.3, -0.25) is 4.79 Å². The molecule has 1 heterocycles. The molecular formula is C18H14BrClN2O3. The predicted molar refractivity (Wildman–Crippen MR) is 101 cm³/mol. The number of benzene rings is 2. The number of halogens is 2. The Morgan fingerprint density at radius 2 is 2.08 bits per heavy atom. The van der Waals surface area contributed by atoms with E-state index < -0.39 is 11.9 Å². The van der Waals surface area contributed by atoms with Crippen LogP contribution in [0.2, 0.25) is 5.02 Å². The van der Waals surface area contributed by atoms with Gasteiger partial charge in [0, 0.05) is 32.3 Å². The Morgan fingerprint density at radius 3 is 2.88 bits per heavy atom. The molecule has 2 aromatic carbocycles. The van der Waals surface area contributed by atoms with E-state index in [1.807, 2.05) is 18.2 Å². The zero-order valence-corrected chi connectivity index (χ0v) is 15.6. The Balaban J connectivity index is 1.66. The molecule has 1 amide bonds. The van der Waals surface area contributed by atoms with Crippen molar-refractivity contribution in [3.8, 4) is 0 Å². The highest BCUT2D eigenvalue weighted by Crippen LogP contribution is 2.24. The van der Waals surface area contributed by atoms with Crippen molar-refractivity contribution < 1.29 is 14.3 Å². The van der Waals surface area contributed by atoms with E-state index in [-0.39, 0.29) is 6.61 Å². The van der Waals surface area contributed by atoms with Gasteiger partial charge in [0.25, 0.3) is 5.91 Å². The number of anilines is 1. The molecule has 3 rings (SSSR count). The number of rotatable bonds is 4. The number of ether oxygens (including phenoxy) is 1. The Bertz CT molecular complexity index is 968. The molecule has 0 radical (unpaired) electrons. The summed E-state index contributed by atoms with van der Waals surface area (Å²) in [4.78, 5) is 27.3. The van der Waals surface area contributed by atoms with Crippen molar-refractivity contribution in [2.75, 3.05) is 11.9 Å². The quantitative estimate of drug-likeness (QED) is 0.601. The third kappa shape index (κ3) is 3.86. The second-order valence-electron chi connectivity index (χ2n) is 5.43. The van der Waals surface area contributed by atoms with E-state index in [0.717, 1.165) is 20.9 Å². The maximum atomic E-state index is 12.3. The van der Waals surface area contributed by atoms with Gasteiger partial charge in [-0.15, -0.1) is 0 Å². The molecule has 3 aromatic rings. The van der Waals surface area contributed by atoms with Crippen molar-refractivity contribution in [2.45, 2.75) is 6.92 Å². The van der Waals surface area contributed by atoms with Crippen LogP contribution in [0.15, 0.2) is 47.1 Å².